The van der Waals surface area contributed by atoms with Gasteiger partial charge in [-0.2, -0.15) is 0 Å². The molecule has 0 fully saturated rings. The van der Waals surface area contributed by atoms with Crippen molar-refractivity contribution in [2.75, 3.05) is 26.2 Å². The number of ether oxygens (including phenoxy) is 2. The average molecular weight is 289 g/mol. The molecule has 1 heterocycles. The Kier molecular flexibility index (Phi) is 5.49. The number of aromatic nitrogens is 2. The van der Waals surface area contributed by atoms with Gasteiger partial charge < -0.3 is 14.8 Å². The zero-order valence-electron chi connectivity index (χ0n) is 11.5. The van der Waals surface area contributed by atoms with Crippen LogP contribution in [0.5, 0.6) is 11.8 Å². The summed E-state index contributed by atoms with van der Waals surface area (Å²) in [5.74, 6) is 0.877. The third-order valence-electron chi connectivity index (χ3n) is 2.43. The molecule has 7 nitrogen and oxygen atoms in total. The molecule has 8 heteroatoms. The van der Waals surface area contributed by atoms with Crippen LogP contribution in [0.2, 0.25) is 0 Å². The van der Waals surface area contributed by atoms with Gasteiger partial charge in [0, 0.05) is 18.8 Å². The first-order valence-electron chi connectivity index (χ1n) is 5.70. The summed E-state index contributed by atoms with van der Waals surface area (Å²) in [7, 11) is -0.00504. The zero-order chi connectivity index (χ0) is 14.5. The van der Waals surface area contributed by atoms with Crippen LogP contribution < -0.4 is 14.8 Å². The topological polar surface area (TPSA) is 90.4 Å². The summed E-state index contributed by atoms with van der Waals surface area (Å²) in [6.07, 6.45) is 2.55. The van der Waals surface area contributed by atoms with Gasteiger partial charge in [-0.05, 0) is 6.92 Å². The van der Waals surface area contributed by atoms with E-state index >= 15 is 0 Å². The van der Waals surface area contributed by atoms with Crippen molar-refractivity contribution >= 4 is 9.84 Å². The minimum absolute atomic E-state index is 0.0608. The molecular weight excluding hydrogens is 270 g/mol. The first kappa shape index (κ1) is 15.6. The van der Waals surface area contributed by atoms with Gasteiger partial charge in [0.15, 0.2) is 0 Å². The number of methoxy groups -OCH3 is 2. The van der Waals surface area contributed by atoms with Crippen LogP contribution in [-0.4, -0.2) is 50.7 Å². The van der Waals surface area contributed by atoms with E-state index in [4.69, 9.17) is 9.47 Å². The fourth-order valence-electron chi connectivity index (χ4n) is 1.67. The molecule has 1 aromatic heterocycles. The molecule has 0 aliphatic carbocycles. The first-order valence-corrected chi connectivity index (χ1v) is 7.76. The lowest BCUT2D eigenvalue weighted by Crippen LogP contribution is -2.32. The maximum atomic E-state index is 11.2. The summed E-state index contributed by atoms with van der Waals surface area (Å²) in [6, 6.07) is -0.190. The lowest BCUT2D eigenvalue weighted by Gasteiger charge is -2.15. The second kappa shape index (κ2) is 6.67. The fraction of sp³-hybridized carbons (Fsp3) is 0.636. The number of rotatable bonds is 7. The lowest BCUT2D eigenvalue weighted by molar-refractivity contribution is 0.358. The maximum Gasteiger partial charge on any atom is 0.224 e. The summed E-state index contributed by atoms with van der Waals surface area (Å²) < 4.78 is 32.6. The van der Waals surface area contributed by atoms with Crippen LogP contribution in [0.4, 0.5) is 0 Å². The Balaban J connectivity index is 2.76. The van der Waals surface area contributed by atoms with Crippen molar-refractivity contribution < 1.29 is 17.9 Å². The van der Waals surface area contributed by atoms with E-state index in [1.807, 2.05) is 0 Å². The minimum Gasteiger partial charge on any atom is -0.481 e. The standard InChI is InChI=1S/C11H19N3O4S/c1-8(6-19(4,15)16)12-5-9-10(17-2)13-7-14-11(9)18-3/h7-8,12H,5-6H2,1-4H3. The molecule has 0 aliphatic heterocycles. The average Bonchev–Trinajstić information content (AvgIpc) is 2.33. The number of hydrogen-bond acceptors (Lipinski definition) is 7. The Morgan fingerprint density at radius 2 is 1.79 bits per heavy atom. The van der Waals surface area contributed by atoms with Crippen molar-refractivity contribution in [1.29, 1.82) is 0 Å². The van der Waals surface area contributed by atoms with Gasteiger partial charge in [-0.15, -0.1) is 0 Å². The van der Waals surface area contributed by atoms with Crippen molar-refractivity contribution in [3.63, 3.8) is 0 Å². The Labute approximate surface area is 113 Å². The van der Waals surface area contributed by atoms with E-state index in [1.165, 1.54) is 26.8 Å². The molecule has 0 aliphatic rings. The smallest absolute Gasteiger partial charge is 0.224 e. The Hall–Kier alpha value is -1.41. The third-order valence-corrected chi connectivity index (χ3v) is 3.54. The van der Waals surface area contributed by atoms with Crippen molar-refractivity contribution in [3.05, 3.63) is 11.9 Å². The Morgan fingerprint density at radius 3 is 2.21 bits per heavy atom. The molecule has 0 aromatic carbocycles. The zero-order valence-corrected chi connectivity index (χ0v) is 12.3. The molecule has 108 valence electrons. The monoisotopic (exact) mass is 289 g/mol. The highest BCUT2D eigenvalue weighted by Gasteiger charge is 2.15. The highest BCUT2D eigenvalue weighted by molar-refractivity contribution is 7.90. The van der Waals surface area contributed by atoms with Gasteiger partial charge in [0.2, 0.25) is 11.8 Å². The molecular formula is C11H19N3O4S. The molecule has 1 N–H and O–H groups in total. The molecule has 1 atom stereocenters. The number of hydrogen-bond donors (Lipinski definition) is 1. The molecule has 1 unspecified atom stereocenters. The summed E-state index contributed by atoms with van der Waals surface area (Å²) in [5.41, 5.74) is 0.660. The second-order valence-electron chi connectivity index (χ2n) is 4.25. The molecule has 0 bridgehead atoms. The molecule has 1 rings (SSSR count). The SMILES string of the molecule is COc1ncnc(OC)c1CNC(C)CS(C)(=O)=O. The van der Waals surface area contributed by atoms with Gasteiger partial charge in [0.25, 0.3) is 0 Å². The third kappa shape index (κ3) is 4.99. The predicted molar refractivity (Wildman–Crippen MR) is 71.1 cm³/mol. The molecule has 0 saturated heterocycles. The number of sulfone groups is 1. The Bertz CT molecular complexity index is 496. The van der Waals surface area contributed by atoms with E-state index in [-0.39, 0.29) is 11.8 Å². The van der Waals surface area contributed by atoms with E-state index < -0.39 is 9.84 Å². The summed E-state index contributed by atoms with van der Waals surface area (Å²) in [5, 5.41) is 3.09. The van der Waals surface area contributed by atoms with E-state index in [2.05, 4.69) is 15.3 Å². The molecule has 1 aromatic rings. The Morgan fingerprint density at radius 1 is 1.26 bits per heavy atom. The first-order chi connectivity index (χ1) is 8.87. The molecule has 0 amide bonds. The van der Waals surface area contributed by atoms with E-state index in [1.54, 1.807) is 6.92 Å². The minimum atomic E-state index is -3.02. The van der Waals surface area contributed by atoms with Crippen LogP contribution in [0.15, 0.2) is 6.33 Å². The normalized spacial score (nSPS) is 13.1. The van der Waals surface area contributed by atoms with Gasteiger partial charge in [0.05, 0.1) is 25.5 Å². The van der Waals surface area contributed by atoms with Gasteiger partial charge in [-0.1, -0.05) is 0 Å². The largest absolute Gasteiger partial charge is 0.481 e. The van der Waals surface area contributed by atoms with E-state index in [0.717, 1.165) is 0 Å². The fourth-order valence-corrected chi connectivity index (χ4v) is 2.70. The molecule has 0 radical (unpaired) electrons. The van der Waals surface area contributed by atoms with Gasteiger partial charge in [-0.25, -0.2) is 18.4 Å². The van der Waals surface area contributed by atoms with Crippen LogP contribution in [0.1, 0.15) is 12.5 Å². The van der Waals surface area contributed by atoms with Crippen molar-refractivity contribution in [2.45, 2.75) is 19.5 Å². The van der Waals surface area contributed by atoms with Crippen LogP contribution in [0.3, 0.4) is 0 Å². The highest BCUT2D eigenvalue weighted by Crippen LogP contribution is 2.22. The number of nitrogens with zero attached hydrogens (tertiary/aromatic N) is 2. The predicted octanol–water partition coefficient (Wildman–Crippen LogP) is 0.0165. The van der Waals surface area contributed by atoms with E-state index in [9.17, 15) is 8.42 Å². The molecule has 19 heavy (non-hydrogen) atoms. The van der Waals surface area contributed by atoms with Crippen LogP contribution in [0, 0.1) is 0 Å². The van der Waals surface area contributed by atoms with Crippen molar-refractivity contribution in [3.8, 4) is 11.8 Å². The van der Waals surface area contributed by atoms with E-state index in [0.29, 0.717) is 23.9 Å². The lowest BCUT2D eigenvalue weighted by atomic mass is 10.2. The quantitative estimate of drug-likeness (QED) is 0.756. The number of nitrogens with one attached hydrogen (secondary N) is 1. The van der Waals surface area contributed by atoms with Crippen LogP contribution >= 0.6 is 0 Å². The van der Waals surface area contributed by atoms with Crippen molar-refractivity contribution in [2.24, 2.45) is 0 Å². The maximum absolute atomic E-state index is 11.2. The summed E-state index contributed by atoms with van der Waals surface area (Å²) in [4.78, 5) is 7.97. The second-order valence-corrected chi connectivity index (χ2v) is 6.43. The van der Waals surface area contributed by atoms with Gasteiger partial charge >= 0.3 is 0 Å². The van der Waals surface area contributed by atoms with Gasteiger partial charge in [-0.3, -0.25) is 0 Å². The molecule has 0 saturated carbocycles. The molecule has 0 spiro atoms. The van der Waals surface area contributed by atoms with Crippen molar-refractivity contribution in [1.82, 2.24) is 15.3 Å². The summed E-state index contributed by atoms with van der Waals surface area (Å²) in [6.45, 7) is 2.16. The van der Waals surface area contributed by atoms with Gasteiger partial charge in [0.1, 0.15) is 16.2 Å². The highest BCUT2D eigenvalue weighted by atomic mass is 32.2. The van der Waals surface area contributed by atoms with Crippen LogP contribution in [-0.2, 0) is 16.4 Å². The van der Waals surface area contributed by atoms with Crippen LogP contribution in [0.25, 0.3) is 0 Å². The summed E-state index contributed by atoms with van der Waals surface area (Å²) >= 11 is 0.